The molecule has 0 bridgehead atoms. The highest BCUT2D eigenvalue weighted by atomic mass is 32.2. The summed E-state index contributed by atoms with van der Waals surface area (Å²) >= 11 is 0. The number of carbonyl (C=O) groups is 2. The van der Waals surface area contributed by atoms with Gasteiger partial charge in [0, 0.05) is 30.2 Å². The van der Waals surface area contributed by atoms with Gasteiger partial charge in [-0.15, -0.1) is 0 Å². The van der Waals surface area contributed by atoms with Gasteiger partial charge in [0.25, 0.3) is 0 Å². The number of nitrogens with zero attached hydrogens (tertiary/aromatic N) is 2. The molecule has 3 aromatic carbocycles. The Labute approximate surface area is 278 Å². The Bertz CT molecular complexity index is 1670. The first kappa shape index (κ1) is 35.8. The highest BCUT2D eigenvalue weighted by Gasteiger charge is 2.28. The molecule has 9 nitrogen and oxygen atoms in total. The van der Waals surface area contributed by atoms with Crippen molar-refractivity contribution in [3.05, 3.63) is 108 Å². The Morgan fingerprint density at radius 1 is 0.936 bits per heavy atom. The number of carbonyl (C=O) groups excluding carboxylic acids is 2. The number of rotatable bonds is 16. The topological polar surface area (TPSA) is 124 Å². The molecule has 0 spiro atoms. The third-order valence-corrected chi connectivity index (χ3v) is 9.19. The van der Waals surface area contributed by atoms with Crippen molar-refractivity contribution < 1.29 is 23.3 Å². The van der Waals surface area contributed by atoms with Crippen molar-refractivity contribution in [1.29, 1.82) is 0 Å². The highest BCUT2D eigenvalue weighted by Crippen LogP contribution is 2.21. The molecule has 1 unspecified atom stereocenters. The van der Waals surface area contributed by atoms with Crippen molar-refractivity contribution in [3.8, 4) is 0 Å². The van der Waals surface area contributed by atoms with E-state index in [-0.39, 0.29) is 31.4 Å². The third-order valence-electron chi connectivity index (χ3n) is 7.76. The van der Waals surface area contributed by atoms with Crippen LogP contribution in [0.25, 0.3) is 10.9 Å². The second-order valence-electron chi connectivity index (χ2n) is 12.5. The number of halogens is 1. The standard InChI is InChI=1S/C36H44FN5O4S/c1-25(2)23-42(47(46)30-15-16-31-27(19-30)12-9-17-38-31)24-33(43)32(18-26-10-6-5-7-11-26)41-35(45)21-39-34(44)22-40-36(3,4)28-13-8-14-29(37)20-28/h5-17,19-20,25,32-33,40,43H,18,21-24H2,1-4H3,(H,39,44)(H,41,45)/t32-,33+,47?/m0/s1. The summed E-state index contributed by atoms with van der Waals surface area (Å²) in [7, 11) is -1.58. The van der Waals surface area contributed by atoms with Gasteiger partial charge >= 0.3 is 0 Å². The molecular weight excluding hydrogens is 617 g/mol. The molecule has 47 heavy (non-hydrogen) atoms. The summed E-state index contributed by atoms with van der Waals surface area (Å²) in [5, 5.41) is 21.0. The van der Waals surface area contributed by atoms with Crippen LogP contribution in [0, 0.1) is 11.7 Å². The molecule has 250 valence electrons. The molecule has 0 radical (unpaired) electrons. The number of benzene rings is 3. The molecule has 0 aliphatic rings. The van der Waals surface area contributed by atoms with Crippen LogP contribution >= 0.6 is 0 Å². The average Bonchev–Trinajstić information content (AvgIpc) is 3.05. The molecule has 4 aromatic rings. The SMILES string of the molecule is CC(C)CN(C[C@@H](O)[C@H](Cc1ccccc1)NC(=O)CNC(=O)CNC(C)(C)c1cccc(F)c1)S(=O)c1ccc2ncccc2c1. The highest BCUT2D eigenvalue weighted by molar-refractivity contribution is 7.82. The largest absolute Gasteiger partial charge is 0.390 e. The number of fused-ring (bicyclic) bond motifs is 1. The van der Waals surface area contributed by atoms with Crippen LogP contribution < -0.4 is 16.0 Å². The average molecular weight is 662 g/mol. The predicted molar refractivity (Wildman–Crippen MR) is 183 cm³/mol. The zero-order chi connectivity index (χ0) is 34.0. The van der Waals surface area contributed by atoms with Crippen LogP contribution in [0.3, 0.4) is 0 Å². The molecule has 1 aromatic heterocycles. The number of pyridine rings is 1. The van der Waals surface area contributed by atoms with E-state index in [1.54, 1.807) is 28.7 Å². The van der Waals surface area contributed by atoms with Crippen molar-refractivity contribution >= 4 is 33.7 Å². The summed E-state index contributed by atoms with van der Waals surface area (Å²) in [4.78, 5) is 30.6. The quantitative estimate of drug-likeness (QED) is 0.144. The van der Waals surface area contributed by atoms with Gasteiger partial charge in [0.2, 0.25) is 11.8 Å². The Morgan fingerprint density at radius 3 is 2.43 bits per heavy atom. The fourth-order valence-corrected chi connectivity index (χ4v) is 6.63. The Kier molecular flexibility index (Phi) is 12.7. The summed E-state index contributed by atoms with van der Waals surface area (Å²) in [5.41, 5.74) is 1.71. The molecule has 3 atom stereocenters. The minimum Gasteiger partial charge on any atom is -0.390 e. The number of amides is 2. The minimum atomic E-state index is -1.58. The van der Waals surface area contributed by atoms with Gasteiger partial charge in [-0.1, -0.05) is 62.4 Å². The Hall–Kier alpha value is -4.03. The lowest BCUT2D eigenvalue weighted by Crippen LogP contribution is -2.52. The molecule has 1 heterocycles. The molecule has 11 heteroatoms. The molecular formula is C36H44FN5O4S. The van der Waals surface area contributed by atoms with Crippen LogP contribution in [-0.4, -0.2) is 68.7 Å². The first-order valence-corrected chi connectivity index (χ1v) is 16.8. The maximum Gasteiger partial charge on any atom is 0.239 e. The first-order valence-electron chi connectivity index (χ1n) is 15.7. The van der Waals surface area contributed by atoms with Crippen molar-refractivity contribution in [2.24, 2.45) is 5.92 Å². The Balaban J connectivity index is 1.41. The van der Waals surface area contributed by atoms with E-state index in [1.165, 1.54) is 12.1 Å². The molecule has 0 aliphatic carbocycles. The number of hydrogen-bond donors (Lipinski definition) is 4. The summed E-state index contributed by atoms with van der Waals surface area (Å²) < 4.78 is 29.3. The monoisotopic (exact) mass is 661 g/mol. The minimum absolute atomic E-state index is 0.0408. The van der Waals surface area contributed by atoms with Crippen molar-refractivity contribution in [3.63, 3.8) is 0 Å². The van der Waals surface area contributed by atoms with Gasteiger partial charge in [0.05, 0.1) is 35.6 Å². The zero-order valence-electron chi connectivity index (χ0n) is 27.3. The third kappa shape index (κ3) is 10.8. The predicted octanol–water partition coefficient (Wildman–Crippen LogP) is 4.08. The van der Waals surface area contributed by atoms with E-state index in [9.17, 15) is 23.3 Å². The van der Waals surface area contributed by atoms with E-state index in [1.807, 2.05) is 82.3 Å². The number of aliphatic hydroxyl groups is 1. The van der Waals surface area contributed by atoms with Gasteiger partial charge in [0.1, 0.15) is 16.8 Å². The normalized spacial score (nSPS) is 13.8. The van der Waals surface area contributed by atoms with E-state index in [0.717, 1.165) is 16.5 Å². The molecule has 0 saturated carbocycles. The van der Waals surface area contributed by atoms with Crippen molar-refractivity contribution in [2.45, 2.75) is 56.7 Å². The van der Waals surface area contributed by atoms with Gasteiger partial charge in [-0.2, -0.15) is 0 Å². The molecule has 2 amide bonds. The van der Waals surface area contributed by atoms with Crippen LogP contribution in [0.2, 0.25) is 0 Å². The molecule has 4 rings (SSSR count). The lowest BCUT2D eigenvalue weighted by Gasteiger charge is -2.30. The summed E-state index contributed by atoms with van der Waals surface area (Å²) in [6.07, 6.45) is 0.961. The molecule has 0 fully saturated rings. The van der Waals surface area contributed by atoms with E-state index >= 15 is 0 Å². The van der Waals surface area contributed by atoms with E-state index in [2.05, 4.69) is 20.9 Å². The maximum absolute atomic E-state index is 13.8. The van der Waals surface area contributed by atoms with Gasteiger partial charge in [-0.3, -0.25) is 19.9 Å². The lowest BCUT2D eigenvalue weighted by molar-refractivity contribution is -0.126. The van der Waals surface area contributed by atoms with Crippen LogP contribution in [0.1, 0.15) is 38.8 Å². The van der Waals surface area contributed by atoms with Crippen LogP contribution in [0.15, 0.2) is 96.0 Å². The lowest BCUT2D eigenvalue weighted by atomic mass is 9.94. The van der Waals surface area contributed by atoms with Crippen molar-refractivity contribution in [2.75, 3.05) is 26.2 Å². The van der Waals surface area contributed by atoms with Gasteiger partial charge in [0.15, 0.2) is 0 Å². The molecule has 4 N–H and O–H groups in total. The van der Waals surface area contributed by atoms with Crippen LogP contribution in [0.4, 0.5) is 4.39 Å². The number of aliphatic hydroxyl groups excluding tert-OH is 1. The zero-order valence-corrected chi connectivity index (χ0v) is 28.1. The second-order valence-corrected chi connectivity index (χ2v) is 14.0. The number of hydrogen-bond acceptors (Lipinski definition) is 6. The summed E-state index contributed by atoms with van der Waals surface area (Å²) in [6.45, 7) is 7.81. The fourth-order valence-electron chi connectivity index (χ4n) is 5.20. The van der Waals surface area contributed by atoms with E-state index < -0.39 is 40.5 Å². The van der Waals surface area contributed by atoms with Crippen molar-refractivity contribution in [1.82, 2.24) is 25.2 Å². The van der Waals surface area contributed by atoms with E-state index in [4.69, 9.17) is 0 Å². The molecule has 0 saturated heterocycles. The second kappa shape index (κ2) is 16.7. The van der Waals surface area contributed by atoms with Crippen LogP contribution in [-0.2, 0) is 32.5 Å². The van der Waals surface area contributed by atoms with Gasteiger partial charge in [-0.05, 0) is 73.7 Å². The summed E-state index contributed by atoms with van der Waals surface area (Å²) in [5.74, 6) is -1.09. The maximum atomic E-state index is 13.8. The fraction of sp³-hybridized carbons (Fsp3) is 0.361. The van der Waals surface area contributed by atoms with Crippen LogP contribution in [0.5, 0.6) is 0 Å². The van der Waals surface area contributed by atoms with E-state index in [0.29, 0.717) is 23.4 Å². The number of aromatic nitrogens is 1. The smallest absolute Gasteiger partial charge is 0.239 e. The Morgan fingerprint density at radius 2 is 1.70 bits per heavy atom. The van der Waals surface area contributed by atoms with Gasteiger partial charge < -0.3 is 15.7 Å². The first-order chi connectivity index (χ1) is 22.4. The number of nitrogens with one attached hydrogen (secondary N) is 3. The van der Waals surface area contributed by atoms with Gasteiger partial charge in [-0.25, -0.2) is 12.9 Å². The summed E-state index contributed by atoms with van der Waals surface area (Å²) in [6, 6.07) is 24.1. The molecule has 0 aliphatic heterocycles.